The second-order valence-electron chi connectivity index (χ2n) is 7.37. The van der Waals surface area contributed by atoms with Crippen molar-refractivity contribution in [3.8, 4) is 0 Å². The van der Waals surface area contributed by atoms with Crippen molar-refractivity contribution in [3.05, 3.63) is 48.0 Å². The summed E-state index contributed by atoms with van der Waals surface area (Å²) >= 11 is 0. The van der Waals surface area contributed by atoms with Crippen molar-refractivity contribution in [2.24, 2.45) is 5.92 Å². The van der Waals surface area contributed by atoms with E-state index in [9.17, 15) is 9.90 Å². The fraction of sp³-hybridized carbons (Fsp3) is 0.500. The number of aliphatic hydroxyl groups excluding tert-OH is 1. The van der Waals surface area contributed by atoms with Crippen LogP contribution in [0.5, 0.6) is 0 Å². The van der Waals surface area contributed by atoms with Gasteiger partial charge in [-0.3, -0.25) is 9.69 Å². The largest absolute Gasteiger partial charge is 0.387 e. The van der Waals surface area contributed by atoms with Gasteiger partial charge in [0.05, 0.1) is 12.0 Å². The number of fused-ring (bicyclic) bond motifs is 1. The van der Waals surface area contributed by atoms with Crippen LogP contribution >= 0.6 is 0 Å². The lowest BCUT2D eigenvalue weighted by Crippen LogP contribution is -2.44. The number of amides is 1. The summed E-state index contributed by atoms with van der Waals surface area (Å²) < 4.78 is 0. The van der Waals surface area contributed by atoms with Crippen LogP contribution in [0.4, 0.5) is 0 Å². The maximum atomic E-state index is 12.3. The molecule has 0 spiro atoms. The number of carbonyl (C=O) groups is 1. The average Bonchev–Trinajstić information content (AvgIpc) is 2.68. The third-order valence-corrected chi connectivity index (χ3v) is 5.30. The van der Waals surface area contributed by atoms with Crippen molar-refractivity contribution in [1.29, 1.82) is 0 Å². The lowest BCUT2D eigenvalue weighted by Gasteiger charge is -2.33. The summed E-state index contributed by atoms with van der Waals surface area (Å²) in [4.78, 5) is 14.5. The summed E-state index contributed by atoms with van der Waals surface area (Å²) in [5.41, 5.74) is 0.943. The molecule has 1 heterocycles. The maximum Gasteiger partial charge on any atom is 0.224 e. The van der Waals surface area contributed by atoms with Gasteiger partial charge >= 0.3 is 0 Å². The fourth-order valence-corrected chi connectivity index (χ4v) is 3.73. The minimum Gasteiger partial charge on any atom is -0.387 e. The molecule has 1 aliphatic rings. The molecule has 0 saturated carbocycles. The average molecular weight is 354 g/mol. The minimum absolute atomic E-state index is 0.0457. The van der Waals surface area contributed by atoms with Crippen LogP contribution in [0, 0.1) is 5.92 Å². The van der Waals surface area contributed by atoms with Crippen LogP contribution in [0.1, 0.15) is 44.3 Å². The smallest absolute Gasteiger partial charge is 0.224 e. The van der Waals surface area contributed by atoms with Gasteiger partial charge in [0.25, 0.3) is 0 Å². The van der Waals surface area contributed by atoms with Crippen LogP contribution in [-0.2, 0) is 4.79 Å². The second-order valence-corrected chi connectivity index (χ2v) is 7.37. The Bertz CT molecular complexity index is 731. The van der Waals surface area contributed by atoms with Gasteiger partial charge in [-0.2, -0.15) is 0 Å². The number of β-amino-alcohol motifs (C(OH)–C–C–N with tert-alkyl or cyclic N) is 1. The predicted octanol–water partition coefficient (Wildman–Crippen LogP) is 3.50. The molecule has 2 N–H and O–H groups in total. The van der Waals surface area contributed by atoms with E-state index in [-0.39, 0.29) is 11.8 Å². The quantitative estimate of drug-likeness (QED) is 0.748. The number of hydrogen-bond donors (Lipinski definition) is 2. The summed E-state index contributed by atoms with van der Waals surface area (Å²) in [7, 11) is 0. The summed E-state index contributed by atoms with van der Waals surface area (Å²) in [5.74, 6) is 0.216. The molecule has 1 aliphatic heterocycles. The van der Waals surface area contributed by atoms with Crippen molar-refractivity contribution in [3.63, 3.8) is 0 Å². The minimum atomic E-state index is -0.526. The highest BCUT2D eigenvalue weighted by Gasteiger charge is 2.26. The van der Waals surface area contributed by atoms with E-state index in [0.29, 0.717) is 6.54 Å². The van der Waals surface area contributed by atoms with Gasteiger partial charge in [0.15, 0.2) is 0 Å². The van der Waals surface area contributed by atoms with Crippen molar-refractivity contribution < 1.29 is 9.90 Å². The van der Waals surface area contributed by atoms with Gasteiger partial charge in [0.1, 0.15) is 0 Å². The number of likely N-dealkylation sites (tertiary alicyclic amines) is 1. The first kappa shape index (κ1) is 18.9. The topological polar surface area (TPSA) is 52.6 Å². The Kier molecular flexibility index (Phi) is 6.64. The number of unbranched alkanes of at least 4 members (excludes halogenated alkanes) is 1. The SMILES string of the molecule is CCCCNC(=O)[C@H]1CCCN(C[C@@H](O)c2ccc3ccccc3c2)C1. The van der Waals surface area contributed by atoms with E-state index < -0.39 is 6.10 Å². The molecule has 26 heavy (non-hydrogen) atoms. The van der Waals surface area contributed by atoms with E-state index >= 15 is 0 Å². The van der Waals surface area contributed by atoms with Crippen molar-refractivity contribution in [2.45, 2.75) is 38.7 Å². The third kappa shape index (κ3) is 4.83. The van der Waals surface area contributed by atoms with Crippen LogP contribution in [0.3, 0.4) is 0 Å². The number of benzene rings is 2. The predicted molar refractivity (Wildman–Crippen MR) is 106 cm³/mol. The molecule has 0 radical (unpaired) electrons. The van der Waals surface area contributed by atoms with E-state index in [1.165, 1.54) is 5.39 Å². The zero-order valence-electron chi connectivity index (χ0n) is 15.7. The monoisotopic (exact) mass is 354 g/mol. The first-order valence-electron chi connectivity index (χ1n) is 9.84. The van der Waals surface area contributed by atoms with Crippen molar-refractivity contribution in [1.82, 2.24) is 10.2 Å². The lowest BCUT2D eigenvalue weighted by molar-refractivity contribution is -0.126. The molecule has 3 rings (SSSR count). The number of rotatable bonds is 7. The van der Waals surface area contributed by atoms with Gasteiger partial charge in [0.2, 0.25) is 5.91 Å². The van der Waals surface area contributed by atoms with Gasteiger partial charge in [-0.1, -0.05) is 49.7 Å². The number of carbonyl (C=O) groups excluding carboxylic acids is 1. The zero-order valence-corrected chi connectivity index (χ0v) is 15.7. The Hall–Kier alpha value is -1.91. The molecule has 0 bridgehead atoms. The first-order chi connectivity index (χ1) is 12.7. The molecule has 1 saturated heterocycles. The van der Waals surface area contributed by atoms with Crippen LogP contribution in [0.15, 0.2) is 42.5 Å². The number of hydrogen-bond acceptors (Lipinski definition) is 3. The Morgan fingerprint density at radius 2 is 2.08 bits per heavy atom. The zero-order chi connectivity index (χ0) is 18.4. The van der Waals surface area contributed by atoms with Gasteiger partial charge in [-0.15, -0.1) is 0 Å². The molecule has 2 aromatic rings. The fourth-order valence-electron chi connectivity index (χ4n) is 3.73. The second kappa shape index (κ2) is 9.15. The number of nitrogens with one attached hydrogen (secondary N) is 1. The molecule has 0 aliphatic carbocycles. The summed E-state index contributed by atoms with van der Waals surface area (Å²) in [6.07, 6.45) is 3.55. The molecular formula is C22H30N2O2. The van der Waals surface area contributed by atoms with Crippen LogP contribution in [0.25, 0.3) is 10.8 Å². The number of piperidine rings is 1. The van der Waals surface area contributed by atoms with Gasteiger partial charge in [-0.25, -0.2) is 0 Å². The molecule has 1 fully saturated rings. The number of aliphatic hydroxyl groups is 1. The molecular weight excluding hydrogens is 324 g/mol. The summed E-state index contributed by atoms with van der Waals surface area (Å²) in [5, 5.41) is 16.1. The normalized spacial score (nSPS) is 19.4. The standard InChI is InChI=1S/C22H30N2O2/c1-2-3-12-23-22(26)20-9-6-13-24(15-20)16-21(25)19-11-10-17-7-4-5-8-18(17)14-19/h4-5,7-8,10-11,14,20-21,25H,2-3,6,9,12-13,15-16H2,1H3,(H,23,26)/t20-,21+/m0/s1. The number of nitrogens with zero attached hydrogens (tertiary/aromatic N) is 1. The van der Waals surface area contributed by atoms with Crippen LogP contribution in [-0.4, -0.2) is 42.1 Å². The molecule has 4 nitrogen and oxygen atoms in total. The molecule has 4 heteroatoms. The van der Waals surface area contributed by atoms with E-state index in [2.05, 4.69) is 41.4 Å². The lowest BCUT2D eigenvalue weighted by atomic mass is 9.96. The molecule has 0 aromatic heterocycles. The highest BCUT2D eigenvalue weighted by atomic mass is 16.3. The van der Waals surface area contributed by atoms with Crippen LogP contribution < -0.4 is 5.32 Å². The van der Waals surface area contributed by atoms with E-state index in [1.54, 1.807) is 0 Å². The molecule has 2 aromatic carbocycles. The molecule has 140 valence electrons. The van der Waals surface area contributed by atoms with Gasteiger partial charge < -0.3 is 10.4 Å². The summed E-state index contributed by atoms with van der Waals surface area (Å²) in [6, 6.07) is 14.3. The molecule has 2 atom stereocenters. The van der Waals surface area contributed by atoms with E-state index in [4.69, 9.17) is 0 Å². The van der Waals surface area contributed by atoms with Gasteiger partial charge in [-0.05, 0) is 48.2 Å². The van der Waals surface area contributed by atoms with Gasteiger partial charge in [0, 0.05) is 19.6 Å². The van der Waals surface area contributed by atoms with Crippen molar-refractivity contribution in [2.75, 3.05) is 26.2 Å². The van der Waals surface area contributed by atoms with Crippen molar-refractivity contribution >= 4 is 16.7 Å². The van der Waals surface area contributed by atoms with E-state index in [0.717, 1.165) is 56.3 Å². The highest BCUT2D eigenvalue weighted by molar-refractivity contribution is 5.83. The van der Waals surface area contributed by atoms with Crippen LogP contribution in [0.2, 0.25) is 0 Å². The first-order valence-corrected chi connectivity index (χ1v) is 9.84. The highest BCUT2D eigenvalue weighted by Crippen LogP contribution is 2.23. The Labute approximate surface area is 156 Å². The summed E-state index contributed by atoms with van der Waals surface area (Å²) in [6.45, 7) is 5.16. The Balaban J connectivity index is 1.57. The Morgan fingerprint density at radius 1 is 1.27 bits per heavy atom. The van der Waals surface area contributed by atoms with E-state index in [1.807, 2.05) is 18.2 Å². The maximum absolute atomic E-state index is 12.3. The third-order valence-electron chi connectivity index (χ3n) is 5.30. The Morgan fingerprint density at radius 3 is 2.88 bits per heavy atom. The molecule has 0 unspecified atom stereocenters. The molecule has 1 amide bonds.